The van der Waals surface area contributed by atoms with Gasteiger partial charge in [-0.05, 0) is 38.7 Å². The zero-order valence-electron chi connectivity index (χ0n) is 12.8. The van der Waals surface area contributed by atoms with Crippen LogP contribution in [-0.4, -0.2) is 17.1 Å². The molecule has 0 aliphatic heterocycles. The van der Waals surface area contributed by atoms with E-state index in [1.165, 1.54) is 5.56 Å². The van der Waals surface area contributed by atoms with Gasteiger partial charge < -0.3 is 9.84 Å². The highest BCUT2D eigenvalue weighted by atomic mass is 16.5. The van der Waals surface area contributed by atoms with Crippen molar-refractivity contribution < 1.29 is 9.32 Å². The van der Waals surface area contributed by atoms with Gasteiger partial charge in [0.1, 0.15) is 11.3 Å². The summed E-state index contributed by atoms with van der Waals surface area (Å²) in [7, 11) is 0. The second-order valence-electron chi connectivity index (χ2n) is 5.31. The molecule has 0 saturated carbocycles. The first-order valence-corrected chi connectivity index (χ1v) is 7.41. The van der Waals surface area contributed by atoms with E-state index in [4.69, 9.17) is 4.52 Å². The lowest BCUT2D eigenvalue weighted by Crippen LogP contribution is -2.33. The zero-order valence-corrected chi connectivity index (χ0v) is 12.8. The molecule has 0 saturated heterocycles. The summed E-state index contributed by atoms with van der Waals surface area (Å²) < 4.78 is 5.11. The second-order valence-corrected chi connectivity index (χ2v) is 5.31. The van der Waals surface area contributed by atoms with E-state index in [1.807, 2.05) is 32.0 Å². The predicted molar refractivity (Wildman–Crippen MR) is 82.3 cm³/mol. The van der Waals surface area contributed by atoms with Crippen LogP contribution in [0.3, 0.4) is 0 Å². The largest absolute Gasteiger partial charge is 0.361 e. The van der Waals surface area contributed by atoms with E-state index >= 15 is 0 Å². The normalized spacial score (nSPS) is 12.1. The highest BCUT2D eigenvalue weighted by Crippen LogP contribution is 2.14. The highest BCUT2D eigenvalue weighted by Gasteiger charge is 2.20. The van der Waals surface area contributed by atoms with Gasteiger partial charge in [0.25, 0.3) is 5.91 Å². The van der Waals surface area contributed by atoms with Crippen molar-refractivity contribution in [3.8, 4) is 0 Å². The first-order chi connectivity index (χ1) is 10.1. The summed E-state index contributed by atoms with van der Waals surface area (Å²) in [4.78, 5) is 12.3. The summed E-state index contributed by atoms with van der Waals surface area (Å²) in [5.41, 5.74) is 2.60. The molecule has 0 spiro atoms. The van der Waals surface area contributed by atoms with E-state index < -0.39 is 0 Å². The van der Waals surface area contributed by atoms with Crippen LogP contribution in [0.1, 0.15) is 47.6 Å². The molecule has 21 heavy (non-hydrogen) atoms. The van der Waals surface area contributed by atoms with Crippen molar-refractivity contribution in [3.63, 3.8) is 0 Å². The lowest BCUT2D eigenvalue weighted by molar-refractivity contribution is 0.0936. The Labute approximate surface area is 125 Å². The number of hydrogen-bond acceptors (Lipinski definition) is 3. The van der Waals surface area contributed by atoms with Crippen molar-refractivity contribution in [1.82, 2.24) is 10.5 Å². The SMILES string of the molecule is CCc1noc(C)c1C(=O)NC(C)CCc1ccccc1. The molecule has 1 aromatic heterocycles. The second kappa shape index (κ2) is 7.07. The highest BCUT2D eigenvalue weighted by molar-refractivity contribution is 5.96. The van der Waals surface area contributed by atoms with Gasteiger partial charge in [0.15, 0.2) is 0 Å². The van der Waals surface area contributed by atoms with Gasteiger partial charge >= 0.3 is 0 Å². The fraction of sp³-hybridized carbons (Fsp3) is 0.412. The lowest BCUT2D eigenvalue weighted by Gasteiger charge is -2.14. The molecule has 1 amide bonds. The summed E-state index contributed by atoms with van der Waals surface area (Å²) >= 11 is 0. The van der Waals surface area contributed by atoms with E-state index in [0.717, 1.165) is 18.5 Å². The Morgan fingerprint density at radius 3 is 2.71 bits per heavy atom. The maximum absolute atomic E-state index is 12.3. The number of aromatic nitrogens is 1. The van der Waals surface area contributed by atoms with Gasteiger partial charge in [-0.2, -0.15) is 0 Å². The van der Waals surface area contributed by atoms with Gasteiger partial charge in [-0.15, -0.1) is 0 Å². The van der Waals surface area contributed by atoms with Gasteiger partial charge in [-0.1, -0.05) is 42.4 Å². The van der Waals surface area contributed by atoms with Crippen LogP contribution in [0.2, 0.25) is 0 Å². The molecule has 0 bridgehead atoms. The van der Waals surface area contributed by atoms with E-state index in [0.29, 0.717) is 17.7 Å². The smallest absolute Gasteiger partial charge is 0.257 e. The van der Waals surface area contributed by atoms with Crippen LogP contribution >= 0.6 is 0 Å². The topological polar surface area (TPSA) is 55.1 Å². The van der Waals surface area contributed by atoms with Crippen LogP contribution in [0, 0.1) is 6.92 Å². The maximum Gasteiger partial charge on any atom is 0.257 e. The number of nitrogens with zero attached hydrogens (tertiary/aromatic N) is 1. The molecule has 0 aliphatic carbocycles. The summed E-state index contributed by atoms with van der Waals surface area (Å²) in [5.74, 6) is 0.491. The van der Waals surface area contributed by atoms with Gasteiger partial charge in [0.2, 0.25) is 0 Å². The van der Waals surface area contributed by atoms with E-state index in [9.17, 15) is 4.79 Å². The van der Waals surface area contributed by atoms with Crippen LogP contribution in [-0.2, 0) is 12.8 Å². The van der Waals surface area contributed by atoms with Crippen molar-refractivity contribution in [2.24, 2.45) is 0 Å². The minimum absolute atomic E-state index is 0.0915. The Morgan fingerprint density at radius 1 is 1.33 bits per heavy atom. The van der Waals surface area contributed by atoms with Crippen LogP contribution in [0.5, 0.6) is 0 Å². The molecule has 1 unspecified atom stereocenters. The van der Waals surface area contributed by atoms with Crippen molar-refractivity contribution in [3.05, 3.63) is 52.9 Å². The Kier molecular flexibility index (Phi) is 5.14. The zero-order chi connectivity index (χ0) is 15.2. The van der Waals surface area contributed by atoms with Crippen LogP contribution < -0.4 is 5.32 Å². The van der Waals surface area contributed by atoms with Gasteiger partial charge in [0.05, 0.1) is 5.69 Å². The van der Waals surface area contributed by atoms with Crippen molar-refractivity contribution >= 4 is 5.91 Å². The summed E-state index contributed by atoms with van der Waals surface area (Å²) in [6.07, 6.45) is 2.55. The number of benzene rings is 1. The van der Waals surface area contributed by atoms with Crippen molar-refractivity contribution in [1.29, 1.82) is 0 Å². The Morgan fingerprint density at radius 2 is 2.05 bits per heavy atom. The van der Waals surface area contributed by atoms with E-state index in [2.05, 4.69) is 22.6 Å². The van der Waals surface area contributed by atoms with Crippen molar-refractivity contribution in [2.45, 2.75) is 46.1 Å². The molecule has 0 aliphatic rings. The quantitative estimate of drug-likeness (QED) is 0.886. The maximum atomic E-state index is 12.3. The number of amides is 1. The molecule has 1 N–H and O–H groups in total. The number of rotatable bonds is 6. The molecule has 0 radical (unpaired) electrons. The molecule has 1 heterocycles. The van der Waals surface area contributed by atoms with Crippen LogP contribution in [0.4, 0.5) is 0 Å². The Bertz CT molecular complexity index is 590. The van der Waals surface area contributed by atoms with Gasteiger partial charge in [-0.25, -0.2) is 0 Å². The van der Waals surface area contributed by atoms with E-state index in [1.54, 1.807) is 6.92 Å². The number of carbonyl (C=O) groups excluding carboxylic acids is 1. The third-order valence-corrected chi connectivity index (χ3v) is 3.58. The minimum Gasteiger partial charge on any atom is -0.361 e. The molecular formula is C17H22N2O2. The number of aryl methyl sites for hydroxylation is 3. The fourth-order valence-electron chi connectivity index (χ4n) is 2.35. The summed E-state index contributed by atoms with van der Waals surface area (Å²) in [6.45, 7) is 5.76. The summed E-state index contributed by atoms with van der Waals surface area (Å²) in [6, 6.07) is 10.4. The Hall–Kier alpha value is -2.10. The molecular weight excluding hydrogens is 264 g/mol. The molecule has 1 atom stereocenters. The van der Waals surface area contributed by atoms with E-state index in [-0.39, 0.29) is 11.9 Å². The molecule has 4 nitrogen and oxygen atoms in total. The number of hydrogen-bond donors (Lipinski definition) is 1. The average Bonchev–Trinajstić information content (AvgIpc) is 2.87. The lowest BCUT2D eigenvalue weighted by atomic mass is 10.1. The van der Waals surface area contributed by atoms with Crippen LogP contribution in [0.25, 0.3) is 0 Å². The Balaban J connectivity index is 1.91. The number of nitrogens with one attached hydrogen (secondary N) is 1. The third-order valence-electron chi connectivity index (χ3n) is 3.58. The van der Waals surface area contributed by atoms with Gasteiger partial charge in [0, 0.05) is 6.04 Å². The molecule has 112 valence electrons. The van der Waals surface area contributed by atoms with Crippen molar-refractivity contribution in [2.75, 3.05) is 0 Å². The molecule has 1 aromatic carbocycles. The third kappa shape index (κ3) is 3.94. The first-order valence-electron chi connectivity index (χ1n) is 7.41. The number of carbonyl (C=O) groups is 1. The minimum atomic E-state index is -0.0915. The molecule has 4 heteroatoms. The predicted octanol–water partition coefficient (Wildman–Crippen LogP) is 3.30. The fourth-order valence-corrected chi connectivity index (χ4v) is 2.35. The molecule has 0 fully saturated rings. The van der Waals surface area contributed by atoms with Gasteiger partial charge in [-0.3, -0.25) is 4.79 Å². The van der Waals surface area contributed by atoms with Crippen LogP contribution in [0.15, 0.2) is 34.9 Å². The monoisotopic (exact) mass is 286 g/mol. The molecule has 2 rings (SSSR count). The molecule has 2 aromatic rings. The summed E-state index contributed by atoms with van der Waals surface area (Å²) in [5, 5.41) is 6.95. The average molecular weight is 286 g/mol. The first kappa shape index (κ1) is 15.3. The standard InChI is InChI=1S/C17H22N2O2/c1-4-15-16(13(3)21-19-15)17(20)18-12(2)10-11-14-8-6-5-7-9-14/h5-9,12H,4,10-11H2,1-3H3,(H,18,20).